The Hall–Kier alpha value is -3.75. The topological polar surface area (TPSA) is 111 Å². The lowest BCUT2D eigenvalue weighted by Crippen LogP contribution is -2.13. The van der Waals surface area contributed by atoms with Crippen LogP contribution in [0.5, 0.6) is 0 Å². The molecular formula is C13H4F2N6. The van der Waals surface area contributed by atoms with Gasteiger partial charge in [0.25, 0.3) is 0 Å². The second-order valence-corrected chi connectivity index (χ2v) is 3.38. The SMILES string of the molecule is N#CC(C#N)=CN(N=C(C#N)C#N)c1ccc(F)cc1F. The molecule has 1 rings (SSSR count). The molecule has 0 aliphatic carbocycles. The van der Waals surface area contributed by atoms with Gasteiger partial charge in [0.05, 0.1) is 6.20 Å². The lowest BCUT2D eigenvalue weighted by atomic mass is 10.2. The van der Waals surface area contributed by atoms with Gasteiger partial charge in [0.2, 0.25) is 5.71 Å². The van der Waals surface area contributed by atoms with Crippen LogP contribution in [0.3, 0.4) is 0 Å². The van der Waals surface area contributed by atoms with E-state index in [-0.39, 0.29) is 5.69 Å². The predicted octanol–water partition coefficient (Wildman–Crippen LogP) is 2.11. The van der Waals surface area contributed by atoms with E-state index in [1.807, 2.05) is 0 Å². The predicted molar refractivity (Wildman–Crippen MR) is 66.8 cm³/mol. The van der Waals surface area contributed by atoms with E-state index in [0.717, 1.165) is 18.3 Å². The van der Waals surface area contributed by atoms with Crippen molar-refractivity contribution in [1.29, 1.82) is 21.0 Å². The summed E-state index contributed by atoms with van der Waals surface area (Å²) in [5, 5.41) is 38.8. The molecule has 0 N–H and O–H groups in total. The highest BCUT2D eigenvalue weighted by Crippen LogP contribution is 2.21. The van der Waals surface area contributed by atoms with Crippen molar-refractivity contribution in [3.63, 3.8) is 0 Å². The summed E-state index contributed by atoms with van der Waals surface area (Å²) in [7, 11) is 0. The van der Waals surface area contributed by atoms with E-state index < -0.39 is 22.9 Å². The van der Waals surface area contributed by atoms with Crippen molar-refractivity contribution in [2.24, 2.45) is 5.10 Å². The van der Waals surface area contributed by atoms with Crippen molar-refractivity contribution >= 4 is 11.4 Å². The Kier molecular flexibility index (Phi) is 5.10. The highest BCUT2D eigenvalue weighted by atomic mass is 19.1. The number of rotatable bonds is 3. The molecule has 21 heavy (non-hydrogen) atoms. The first-order valence-electron chi connectivity index (χ1n) is 5.20. The van der Waals surface area contributed by atoms with Gasteiger partial charge in [-0.15, -0.1) is 5.10 Å². The molecule has 0 aromatic heterocycles. The molecule has 0 spiro atoms. The quantitative estimate of drug-likeness (QED) is 0.479. The summed E-state index contributed by atoms with van der Waals surface area (Å²) in [4.78, 5) is 0. The van der Waals surface area contributed by atoms with Crippen LogP contribution in [0.25, 0.3) is 0 Å². The fourth-order valence-electron chi connectivity index (χ4n) is 1.20. The highest BCUT2D eigenvalue weighted by molar-refractivity contribution is 6.10. The summed E-state index contributed by atoms with van der Waals surface area (Å²) in [5.74, 6) is -1.88. The highest BCUT2D eigenvalue weighted by Gasteiger charge is 2.12. The largest absolute Gasteiger partial charge is 0.237 e. The zero-order chi connectivity index (χ0) is 15.8. The van der Waals surface area contributed by atoms with Crippen molar-refractivity contribution in [3.8, 4) is 24.3 Å². The second kappa shape index (κ2) is 6.99. The summed E-state index contributed by atoms with van der Waals surface area (Å²) in [6, 6.07) is 8.40. The third-order valence-corrected chi connectivity index (χ3v) is 2.07. The molecule has 0 saturated carbocycles. The van der Waals surface area contributed by atoms with Crippen molar-refractivity contribution in [3.05, 3.63) is 41.6 Å². The lowest BCUT2D eigenvalue weighted by Gasteiger charge is -2.14. The maximum Gasteiger partial charge on any atom is 0.237 e. The molecule has 6 nitrogen and oxygen atoms in total. The van der Waals surface area contributed by atoms with Gasteiger partial charge in [0.15, 0.2) is 5.82 Å². The number of hydrogen-bond donors (Lipinski definition) is 0. The van der Waals surface area contributed by atoms with Crippen LogP contribution < -0.4 is 5.01 Å². The second-order valence-electron chi connectivity index (χ2n) is 3.38. The third-order valence-electron chi connectivity index (χ3n) is 2.07. The van der Waals surface area contributed by atoms with Crippen LogP contribution in [-0.2, 0) is 0 Å². The third kappa shape index (κ3) is 3.86. The van der Waals surface area contributed by atoms with Crippen molar-refractivity contribution in [2.75, 3.05) is 5.01 Å². The Morgan fingerprint density at radius 2 is 1.67 bits per heavy atom. The summed E-state index contributed by atoms with van der Waals surface area (Å²) in [6.07, 6.45) is 0.824. The molecular weight excluding hydrogens is 278 g/mol. The lowest BCUT2D eigenvalue weighted by molar-refractivity contribution is 0.582. The van der Waals surface area contributed by atoms with E-state index in [4.69, 9.17) is 21.0 Å². The normalized spacial score (nSPS) is 8.29. The first kappa shape index (κ1) is 15.3. The Bertz CT molecular complexity index is 709. The zero-order valence-electron chi connectivity index (χ0n) is 10.2. The van der Waals surface area contributed by atoms with E-state index in [1.165, 1.54) is 24.3 Å². The van der Waals surface area contributed by atoms with Crippen molar-refractivity contribution in [2.45, 2.75) is 0 Å². The van der Waals surface area contributed by atoms with Gasteiger partial charge in [-0.25, -0.2) is 13.8 Å². The average Bonchev–Trinajstić information content (AvgIpc) is 2.48. The molecule has 1 aromatic rings. The maximum atomic E-state index is 13.7. The fraction of sp³-hybridized carbons (Fsp3) is 0. The van der Waals surface area contributed by atoms with Crippen LogP contribution >= 0.6 is 0 Å². The van der Waals surface area contributed by atoms with E-state index in [0.29, 0.717) is 11.1 Å². The molecule has 0 aliphatic heterocycles. The minimum atomic E-state index is -1.04. The number of allylic oxidation sites excluding steroid dienone is 1. The van der Waals surface area contributed by atoms with Crippen LogP contribution in [0.15, 0.2) is 35.1 Å². The van der Waals surface area contributed by atoms with E-state index in [1.54, 1.807) is 0 Å². The van der Waals surface area contributed by atoms with Crippen molar-refractivity contribution < 1.29 is 8.78 Å². The van der Waals surface area contributed by atoms with Gasteiger partial charge in [-0.2, -0.15) is 21.0 Å². The van der Waals surface area contributed by atoms with Gasteiger partial charge >= 0.3 is 0 Å². The Balaban J connectivity index is 3.48. The molecule has 0 heterocycles. The van der Waals surface area contributed by atoms with Gasteiger partial charge in [0.1, 0.15) is 41.4 Å². The first-order valence-corrected chi connectivity index (χ1v) is 5.20. The van der Waals surface area contributed by atoms with Gasteiger partial charge in [-0.05, 0) is 12.1 Å². The van der Waals surface area contributed by atoms with E-state index in [9.17, 15) is 8.78 Å². The van der Waals surface area contributed by atoms with Crippen molar-refractivity contribution in [1.82, 2.24) is 0 Å². The monoisotopic (exact) mass is 282 g/mol. The van der Waals surface area contributed by atoms with Crippen LogP contribution in [-0.4, -0.2) is 5.71 Å². The summed E-state index contributed by atoms with van der Waals surface area (Å²) >= 11 is 0. The number of benzene rings is 1. The number of anilines is 1. The number of hydrazone groups is 1. The number of nitriles is 4. The summed E-state index contributed by atoms with van der Waals surface area (Å²) in [5.41, 5.74) is -1.41. The smallest absolute Gasteiger partial charge is 0.234 e. The Labute approximate surface area is 118 Å². The van der Waals surface area contributed by atoms with E-state index >= 15 is 0 Å². The molecule has 0 atom stereocenters. The van der Waals surface area contributed by atoms with Gasteiger partial charge in [-0.1, -0.05) is 0 Å². The molecule has 100 valence electrons. The van der Waals surface area contributed by atoms with Crippen LogP contribution in [0.2, 0.25) is 0 Å². The Morgan fingerprint density at radius 3 is 2.14 bits per heavy atom. The Morgan fingerprint density at radius 1 is 1.05 bits per heavy atom. The number of nitrogens with zero attached hydrogens (tertiary/aromatic N) is 6. The molecule has 0 radical (unpaired) electrons. The molecule has 0 unspecified atom stereocenters. The number of hydrogen-bond acceptors (Lipinski definition) is 6. The van der Waals surface area contributed by atoms with Gasteiger partial charge in [0, 0.05) is 6.07 Å². The fourth-order valence-corrected chi connectivity index (χ4v) is 1.20. The van der Waals surface area contributed by atoms with Gasteiger partial charge < -0.3 is 0 Å². The van der Waals surface area contributed by atoms with Crippen LogP contribution in [0.1, 0.15) is 0 Å². The number of halogens is 2. The summed E-state index contributed by atoms with van der Waals surface area (Å²) in [6.45, 7) is 0. The average molecular weight is 282 g/mol. The molecule has 8 heteroatoms. The summed E-state index contributed by atoms with van der Waals surface area (Å²) < 4.78 is 26.6. The van der Waals surface area contributed by atoms with Gasteiger partial charge in [-0.3, -0.25) is 0 Å². The molecule has 0 saturated heterocycles. The van der Waals surface area contributed by atoms with E-state index in [2.05, 4.69) is 5.10 Å². The molecule has 0 aliphatic rings. The first-order chi connectivity index (χ1) is 10.0. The minimum Gasteiger partial charge on any atom is -0.234 e. The van der Waals surface area contributed by atoms with Crippen LogP contribution in [0.4, 0.5) is 14.5 Å². The molecule has 0 bridgehead atoms. The zero-order valence-corrected chi connectivity index (χ0v) is 10.2. The molecule has 0 fully saturated rings. The van der Waals surface area contributed by atoms with Crippen LogP contribution in [0, 0.1) is 57.0 Å². The molecule has 0 amide bonds. The maximum absolute atomic E-state index is 13.7. The minimum absolute atomic E-state index is 0.331. The standard InChI is InChI=1S/C13H4F2N6/c14-10-1-2-13(12(15)3-10)21(8-9(4-16)5-17)20-11(6-18)7-19/h1-3,8H. The molecule has 1 aromatic carbocycles.